The highest BCUT2D eigenvalue weighted by atomic mass is 16.2. The number of carbonyl (C=O) groups excluding carboxylic acids is 2. The van der Waals surface area contributed by atoms with Crippen LogP contribution < -0.4 is 10.6 Å². The van der Waals surface area contributed by atoms with Crippen LogP contribution in [0.15, 0.2) is 31.0 Å². The SMILES string of the molecule is CC(=O)N[C@@H]1CCCN(C(=O)Nc2ccc(-n3cncn3)nc2)C1. The number of hydrogen-bond acceptors (Lipinski definition) is 5. The maximum absolute atomic E-state index is 12.4. The van der Waals surface area contributed by atoms with Crippen molar-refractivity contribution in [1.82, 2.24) is 30.0 Å². The minimum absolute atomic E-state index is 0.00909. The van der Waals surface area contributed by atoms with Crippen molar-refractivity contribution in [3.8, 4) is 5.82 Å². The summed E-state index contributed by atoms with van der Waals surface area (Å²) in [4.78, 5) is 33.3. The third-order valence-corrected chi connectivity index (χ3v) is 3.77. The van der Waals surface area contributed by atoms with Gasteiger partial charge in [0.15, 0.2) is 5.82 Å². The lowest BCUT2D eigenvalue weighted by atomic mass is 10.1. The molecule has 0 bridgehead atoms. The highest BCUT2D eigenvalue weighted by molar-refractivity contribution is 5.89. The molecule has 24 heavy (non-hydrogen) atoms. The van der Waals surface area contributed by atoms with E-state index < -0.39 is 0 Å². The topological polar surface area (TPSA) is 105 Å². The second-order valence-corrected chi connectivity index (χ2v) is 5.66. The van der Waals surface area contributed by atoms with Crippen molar-refractivity contribution in [3.05, 3.63) is 31.0 Å². The number of carbonyl (C=O) groups is 2. The fourth-order valence-corrected chi connectivity index (χ4v) is 2.69. The Hall–Kier alpha value is -2.97. The molecule has 2 aromatic heterocycles. The van der Waals surface area contributed by atoms with E-state index in [1.807, 2.05) is 0 Å². The Morgan fingerprint density at radius 1 is 1.33 bits per heavy atom. The van der Waals surface area contributed by atoms with E-state index in [4.69, 9.17) is 0 Å². The van der Waals surface area contributed by atoms with Crippen LogP contribution in [-0.2, 0) is 4.79 Å². The van der Waals surface area contributed by atoms with Gasteiger partial charge in [-0.25, -0.2) is 19.4 Å². The van der Waals surface area contributed by atoms with Crippen LogP contribution >= 0.6 is 0 Å². The monoisotopic (exact) mass is 329 g/mol. The van der Waals surface area contributed by atoms with E-state index in [0.29, 0.717) is 24.6 Å². The van der Waals surface area contributed by atoms with Crippen LogP contribution in [0.4, 0.5) is 10.5 Å². The third-order valence-electron chi connectivity index (χ3n) is 3.77. The molecule has 0 aliphatic carbocycles. The summed E-state index contributed by atoms with van der Waals surface area (Å²) in [7, 11) is 0. The Morgan fingerprint density at radius 2 is 2.21 bits per heavy atom. The van der Waals surface area contributed by atoms with E-state index in [0.717, 1.165) is 12.8 Å². The first-order valence-electron chi connectivity index (χ1n) is 7.76. The number of pyridine rings is 1. The molecule has 0 spiro atoms. The molecule has 9 heteroatoms. The molecule has 1 atom stereocenters. The zero-order valence-electron chi connectivity index (χ0n) is 13.3. The van der Waals surface area contributed by atoms with Crippen molar-refractivity contribution in [2.45, 2.75) is 25.8 Å². The number of anilines is 1. The Labute approximate surface area is 139 Å². The molecule has 1 aliphatic rings. The normalized spacial score (nSPS) is 17.4. The van der Waals surface area contributed by atoms with Gasteiger partial charge in [0.05, 0.1) is 11.9 Å². The van der Waals surface area contributed by atoms with Gasteiger partial charge in [-0.15, -0.1) is 0 Å². The molecule has 9 nitrogen and oxygen atoms in total. The van der Waals surface area contributed by atoms with Gasteiger partial charge in [-0.2, -0.15) is 5.10 Å². The van der Waals surface area contributed by atoms with Crippen LogP contribution in [0.3, 0.4) is 0 Å². The first kappa shape index (κ1) is 15.9. The second-order valence-electron chi connectivity index (χ2n) is 5.66. The molecule has 1 saturated heterocycles. The van der Waals surface area contributed by atoms with E-state index in [-0.39, 0.29) is 18.0 Å². The molecule has 2 aromatic rings. The molecule has 0 radical (unpaired) electrons. The molecule has 0 saturated carbocycles. The van der Waals surface area contributed by atoms with Crippen LogP contribution in [0.1, 0.15) is 19.8 Å². The number of amides is 3. The molecule has 3 heterocycles. The van der Waals surface area contributed by atoms with Crippen molar-refractivity contribution >= 4 is 17.6 Å². The van der Waals surface area contributed by atoms with Gasteiger partial charge in [0.25, 0.3) is 0 Å². The summed E-state index contributed by atoms with van der Waals surface area (Å²) in [6.07, 6.45) is 6.30. The lowest BCUT2D eigenvalue weighted by Gasteiger charge is -2.32. The molecule has 2 N–H and O–H groups in total. The Morgan fingerprint density at radius 3 is 2.88 bits per heavy atom. The Kier molecular flexibility index (Phi) is 4.69. The van der Waals surface area contributed by atoms with Crippen LogP contribution in [-0.4, -0.2) is 55.7 Å². The van der Waals surface area contributed by atoms with Crippen molar-refractivity contribution in [3.63, 3.8) is 0 Å². The van der Waals surface area contributed by atoms with Gasteiger partial charge in [0.1, 0.15) is 12.7 Å². The molecule has 0 aromatic carbocycles. The van der Waals surface area contributed by atoms with Crippen molar-refractivity contribution in [2.24, 2.45) is 0 Å². The van der Waals surface area contributed by atoms with E-state index in [2.05, 4.69) is 25.7 Å². The zero-order valence-corrected chi connectivity index (χ0v) is 13.3. The number of nitrogens with zero attached hydrogens (tertiary/aromatic N) is 5. The number of piperidine rings is 1. The van der Waals surface area contributed by atoms with Crippen LogP contribution in [0.2, 0.25) is 0 Å². The van der Waals surface area contributed by atoms with Gasteiger partial charge in [-0.1, -0.05) is 0 Å². The molecule has 126 valence electrons. The van der Waals surface area contributed by atoms with E-state index in [1.165, 1.54) is 17.9 Å². The minimum atomic E-state index is -0.194. The second kappa shape index (κ2) is 7.07. The number of hydrogen-bond donors (Lipinski definition) is 2. The fraction of sp³-hybridized carbons (Fsp3) is 0.400. The van der Waals surface area contributed by atoms with E-state index >= 15 is 0 Å². The average molecular weight is 329 g/mol. The highest BCUT2D eigenvalue weighted by Crippen LogP contribution is 2.14. The molecule has 0 unspecified atom stereocenters. The van der Waals surface area contributed by atoms with Crippen molar-refractivity contribution in [2.75, 3.05) is 18.4 Å². The smallest absolute Gasteiger partial charge is 0.321 e. The molecule has 1 fully saturated rings. The maximum atomic E-state index is 12.4. The molecular formula is C15H19N7O2. The number of likely N-dealkylation sites (tertiary alicyclic amines) is 1. The first-order chi connectivity index (χ1) is 11.6. The Balaban J connectivity index is 1.59. The number of aromatic nitrogens is 4. The number of urea groups is 1. The predicted molar refractivity (Wildman–Crippen MR) is 86.6 cm³/mol. The van der Waals surface area contributed by atoms with Crippen molar-refractivity contribution < 1.29 is 9.59 Å². The largest absolute Gasteiger partial charge is 0.352 e. The molecule has 3 rings (SSSR count). The van der Waals surface area contributed by atoms with Crippen LogP contribution in [0, 0.1) is 0 Å². The summed E-state index contributed by atoms with van der Waals surface area (Å²) in [6.45, 7) is 2.67. The van der Waals surface area contributed by atoms with Gasteiger partial charge in [-0.3, -0.25) is 4.79 Å². The van der Waals surface area contributed by atoms with Gasteiger partial charge in [0.2, 0.25) is 5.91 Å². The standard InChI is InChI=1S/C15H19N7O2/c1-11(23)19-13-3-2-6-21(8-13)15(24)20-12-4-5-14(17-7-12)22-10-16-9-18-22/h4-5,7,9-10,13H,2-3,6,8H2,1H3,(H,19,23)(H,20,24)/t13-/m1/s1. The van der Waals surface area contributed by atoms with Gasteiger partial charge in [0, 0.05) is 26.1 Å². The average Bonchev–Trinajstić information content (AvgIpc) is 3.09. The maximum Gasteiger partial charge on any atom is 0.321 e. The summed E-state index contributed by atoms with van der Waals surface area (Å²) in [5.41, 5.74) is 0.602. The zero-order chi connectivity index (χ0) is 16.9. The van der Waals surface area contributed by atoms with Gasteiger partial charge in [-0.05, 0) is 25.0 Å². The molecule has 1 aliphatic heterocycles. The lowest BCUT2D eigenvalue weighted by Crippen LogP contribution is -2.50. The van der Waals surface area contributed by atoms with Gasteiger partial charge < -0.3 is 15.5 Å². The first-order valence-corrected chi connectivity index (χ1v) is 7.76. The van der Waals surface area contributed by atoms with Crippen molar-refractivity contribution in [1.29, 1.82) is 0 Å². The van der Waals surface area contributed by atoms with E-state index in [1.54, 1.807) is 29.6 Å². The molecule has 3 amide bonds. The summed E-state index contributed by atoms with van der Waals surface area (Å²) < 4.78 is 1.54. The summed E-state index contributed by atoms with van der Waals surface area (Å²) >= 11 is 0. The fourth-order valence-electron chi connectivity index (χ4n) is 2.69. The quantitative estimate of drug-likeness (QED) is 0.866. The van der Waals surface area contributed by atoms with Crippen LogP contribution in [0.5, 0.6) is 0 Å². The van der Waals surface area contributed by atoms with Crippen LogP contribution in [0.25, 0.3) is 5.82 Å². The summed E-state index contributed by atoms with van der Waals surface area (Å²) in [5, 5.41) is 9.68. The van der Waals surface area contributed by atoms with E-state index in [9.17, 15) is 9.59 Å². The highest BCUT2D eigenvalue weighted by Gasteiger charge is 2.24. The Bertz CT molecular complexity index is 699. The third kappa shape index (κ3) is 3.86. The predicted octanol–water partition coefficient (Wildman–Crippen LogP) is 0.795. The number of nitrogens with one attached hydrogen (secondary N) is 2. The van der Waals surface area contributed by atoms with Gasteiger partial charge >= 0.3 is 6.03 Å². The molecular weight excluding hydrogens is 310 g/mol. The minimum Gasteiger partial charge on any atom is -0.352 e. The summed E-state index contributed by atoms with van der Waals surface area (Å²) in [6, 6.07) is 3.33. The lowest BCUT2D eigenvalue weighted by molar-refractivity contribution is -0.119. The summed E-state index contributed by atoms with van der Waals surface area (Å²) in [5.74, 6) is 0.546. The number of rotatable bonds is 3.